The van der Waals surface area contributed by atoms with Gasteiger partial charge >= 0.3 is 0 Å². The maximum atomic E-state index is 12.7. The quantitative estimate of drug-likeness (QED) is 0.709. The minimum absolute atomic E-state index is 0.137. The Labute approximate surface area is 149 Å². The first kappa shape index (κ1) is 15.9. The van der Waals surface area contributed by atoms with Gasteiger partial charge in [-0.15, -0.1) is 0 Å². The van der Waals surface area contributed by atoms with E-state index in [9.17, 15) is 4.79 Å². The van der Waals surface area contributed by atoms with Crippen molar-refractivity contribution >= 4 is 16.9 Å². The molecule has 1 saturated heterocycles. The molecule has 1 unspecified atom stereocenters. The summed E-state index contributed by atoms with van der Waals surface area (Å²) in [6.07, 6.45) is 4.81. The average Bonchev–Trinajstić information content (AvgIpc) is 3.16. The van der Waals surface area contributed by atoms with Gasteiger partial charge in [-0.2, -0.15) is 5.26 Å². The number of hydrogen-bond acceptors (Lipinski definition) is 7. The molecule has 3 heterocycles. The standard InChI is InChI=1S/C18H14N6O2/c19-9-15-17(21-7-6-20-15)26-12-5-8-24(11-12)18(25)16-10-22-13-3-1-2-4-14(13)23-16/h1-4,6-7,10,12H,5,8,11H2. The van der Waals surface area contributed by atoms with Gasteiger partial charge in [0.2, 0.25) is 5.69 Å². The Kier molecular flexibility index (Phi) is 4.11. The molecule has 1 aliphatic heterocycles. The lowest BCUT2D eigenvalue weighted by Crippen LogP contribution is -2.31. The van der Waals surface area contributed by atoms with E-state index in [0.29, 0.717) is 30.7 Å². The molecule has 4 rings (SSSR count). The molecule has 0 bridgehead atoms. The van der Waals surface area contributed by atoms with Gasteiger partial charge in [-0.05, 0) is 12.1 Å². The maximum Gasteiger partial charge on any atom is 0.274 e. The van der Waals surface area contributed by atoms with Gasteiger partial charge < -0.3 is 9.64 Å². The molecule has 0 aliphatic carbocycles. The number of aromatic nitrogens is 4. The number of benzene rings is 1. The van der Waals surface area contributed by atoms with Crippen molar-refractivity contribution in [1.82, 2.24) is 24.8 Å². The van der Waals surface area contributed by atoms with Crippen molar-refractivity contribution in [3.63, 3.8) is 0 Å². The zero-order valence-electron chi connectivity index (χ0n) is 13.7. The monoisotopic (exact) mass is 346 g/mol. The van der Waals surface area contributed by atoms with Gasteiger partial charge in [0.25, 0.3) is 11.8 Å². The van der Waals surface area contributed by atoms with Crippen LogP contribution in [-0.4, -0.2) is 49.9 Å². The summed E-state index contributed by atoms with van der Waals surface area (Å²) in [5.41, 5.74) is 1.88. The van der Waals surface area contributed by atoms with E-state index < -0.39 is 0 Å². The second kappa shape index (κ2) is 6.72. The maximum absolute atomic E-state index is 12.7. The van der Waals surface area contributed by atoms with Crippen molar-refractivity contribution in [3.05, 3.63) is 54.2 Å². The van der Waals surface area contributed by atoms with E-state index >= 15 is 0 Å². The van der Waals surface area contributed by atoms with Gasteiger partial charge in [0.05, 0.1) is 23.8 Å². The predicted molar refractivity (Wildman–Crippen MR) is 91.2 cm³/mol. The first-order valence-corrected chi connectivity index (χ1v) is 8.13. The number of carbonyl (C=O) groups excluding carboxylic acids is 1. The highest BCUT2D eigenvalue weighted by Crippen LogP contribution is 2.20. The number of rotatable bonds is 3. The van der Waals surface area contributed by atoms with Gasteiger partial charge in [-0.1, -0.05) is 12.1 Å². The first-order chi connectivity index (χ1) is 12.7. The van der Waals surface area contributed by atoms with Crippen molar-refractivity contribution in [2.75, 3.05) is 13.1 Å². The summed E-state index contributed by atoms with van der Waals surface area (Å²) in [4.78, 5) is 31.0. The molecule has 1 amide bonds. The molecule has 1 atom stereocenters. The van der Waals surface area contributed by atoms with Crippen molar-refractivity contribution < 1.29 is 9.53 Å². The molecule has 0 radical (unpaired) electrons. The molecule has 0 saturated carbocycles. The molecule has 0 spiro atoms. The number of nitrogens with zero attached hydrogens (tertiary/aromatic N) is 6. The van der Waals surface area contributed by atoms with Crippen LogP contribution >= 0.6 is 0 Å². The summed E-state index contributed by atoms with van der Waals surface area (Å²) in [7, 11) is 0. The van der Waals surface area contributed by atoms with Crippen LogP contribution in [0.15, 0.2) is 42.9 Å². The molecule has 128 valence electrons. The van der Waals surface area contributed by atoms with Gasteiger partial charge in [-0.25, -0.2) is 15.0 Å². The summed E-state index contributed by atoms with van der Waals surface area (Å²) in [6, 6.07) is 9.36. The van der Waals surface area contributed by atoms with Crippen LogP contribution in [0.4, 0.5) is 0 Å². The Morgan fingerprint density at radius 2 is 2.00 bits per heavy atom. The molecule has 2 aromatic heterocycles. The van der Waals surface area contributed by atoms with E-state index in [1.807, 2.05) is 30.3 Å². The molecule has 8 heteroatoms. The fourth-order valence-electron chi connectivity index (χ4n) is 2.88. The predicted octanol–water partition coefficient (Wildman–Crippen LogP) is 1.58. The number of nitriles is 1. The number of para-hydroxylation sites is 2. The number of likely N-dealkylation sites (tertiary alicyclic amines) is 1. The van der Waals surface area contributed by atoms with Crippen molar-refractivity contribution in [1.29, 1.82) is 5.26 Å². The van der Waals surface area contributed by atoms with E-state index in [0.717, 1.165) is 5.52 Å². The summed E-state index contributed by atoms with van der Waals surface area (Å²) in [5, 5.41) is 9.06. The Hall–Kier alpha value is -3.60. The minimum atomic E-state index is -0.240. The third-order valence-corrected chi connectivity index (χ3v) is 4.15. The zero-order valence-corrected chi connectivity index (χ0v) is 13.7. The highest BCUT2D eigenvalue weighted by Gasteiger charge is 2.30. The number of carbonyl (C=O) groups is 1. The largest absolute Gasteiger partial charge is 0.470 e. The lowest BCUT2D eigenvalue weighted by atomic mass is 10.3. The Morgan fingerprint density at radius 3 is 2.85 bits per heavy atom. The fourth-order valence-corrected chi connectivity index (χ4v) is 2.88. The smallest absolute Gasteiger partial charge is 0.274 e. The summed E-state index contributed by atoms with van der Waals surface area (Å²) >= 11 is 0. The van der Waals surface area contributed by atoms with Gasteiger partial charge in [0.1, 0.15) is 17.9 Å². The molecule has 0 N–H and O–H groups in total. The minimum Gasteiger partial charge on any atom is -0.470 e. The average molecular weight is 346 g/mol. The van der Waals surface area contributed by atoms with E-state index in [1.165, 1.54) is 18.6 Å². The normalized spacial score (nSPS) is 16.4. The van der Waals surface area contributed by atoms with Crippen LogP contribution in [0, 0.1) is 11.3 Å². The third-order valence-electron chi connectivity index (χ3n) is 4.15. The van der Waals surface area contributed by atoms with E-state index in [2.05, 4.69) is 19.9 Å². The van der Waals surface area contributed by atoms with Crippen LogP contribution < -0.4 is 4.74 Å². The van der Waals surface area contributed by atoms with Crippen LogP contribution in [0.3, 0.4) is 0 Å². The summed E-state index contributed by atoms with van der Waals surface area (Å²) < 4.78 is 5.76. The van der Waals surface area contributed by atoms with E-state index in [-0.39, 0.29) is 23.6 Å². The molecular weight excluding hydrogens is 332 g/mol. The molecular formula is C18H14N6O2. The molecule has 1 fully saturated rings. The number of amides is 1. The van der Waals surface area contributed by atoms with Crippen LogP contribution in [-0.2, 0) is 0 Å². The topological polar surface area (TPSA) is 105 Å². The van der Waals surface area contributed by atoms with Crippen LogP contribution in [0.5, 0.6) is 5.88 Å². The second-order valence-corrected chi connectivity index (χ2v) is 5.85. The van der Waals surface area contributed by atoms with Gasteiger partial charge in [-0.3, -0.25) is 9.78 Å². The molecule has 26 heavy (non-hydrogen) atoms. The van der Waals surface area contributed by atoms with Crippen LogP contribution in [0.1, 0.15) is 22.6 Å². The highest BCUT2D eigenvalue weighted by molar-refractivity contribution is 5.94. The van der Waals surface area contributed by atoms with Crippen molar-refractivity contribution in [2.24, 2.45) is 0 Å². The second-order valence-electron chi connectivity index (χ2n) is 5.85. The van der Waals surface area contributed by atoms with Gasteiger partial charge in [0, 0.05) is 25.4 Å². The number of ether oxygens (including phenoxy) is 1. The SMILES string of the molecule is N#Cc1nccnc1OC1CCN(C(=O)c2cnc3ccccc3n2)C1. The zero-order chi connectivity index (χ0) is 17.9. The summed E-state index contributed by atoms with van der Waals surface area (Å²) in [5.74, 6) is 0.00815. The van der Waals surface area contributed by atoms with Crippen LogP contribution in [0.25, 0.3) is 11.0 Å². The number of fused-ring (bicyclic) bond motifs is 1. The lowest BCUT2D eigenvalue weighted by Gasteiger charge is -2.16. The van der Waals surface area contributed by atoms with E-state index in [1.54, 1.807) is 4.90 Å². The molecule has 8 nitrogen and oxygen atoms in total. The fraction of sp³-hybridized carbons (Fsp3) is 0.222. The summed E-state index contributed by atoms with van der Waals surface area (Å²) in [6.45, 7) is 0.939. The Morgan fingerprint density at radius 1 is 1.19 bits per heavy atom. The van der Waals surface area contributed by atoms with E-state index in [4.69, 9.17) is 10.00 Å². The molecule has 3 aromatic rings. The third kappa shape index (κ3) is 3.02. The lowest BCUT2D eigenvalue weighted by molar-refractivity contribution is 0.0765. The Bertz CT molecular complexity index is 1020. The number of hydrogen-bond donors (Lipinski definition) is 0. The van der Waals surface area contributed by atoms with Crippen LogP contribution in [0.2, 0.25) is 0 Å². The van der Waals surface area contributed by atoms with Gasteiger partial charge in [0.15, 0.2) is 0 Å². The molecule has 1 aromatic carbocycles. The highest BCUT2D eigenvalue weighted by atomic mass is 16.5. The first-order valence-electron chi connectivity index (χ1n) is 8.13. The Balaban J connectivity index is 1.47. The van der Waals surface area contributed by atoms with Crippen molar-refractivity contribution in [3.8, 4) is 11.9 Å². The molecule has 1 aliphatic rings. The van der Waals surface area contributed by atoms with Crippen molar-refractivity contribution in [2.45, 2.75) is 12.5 Å².